The van der Waals surface area contributed by atoms with Gasteiger partial charge in [0.15, 0.2) is 0 Å². The number of amides is 1. The van der Waals surface area contributed by atoms with Crippen LogP contribution in [0.15, 0.2) is 60.7 Å². The van der Waals surface area contributed by atoms with Crippen LogP contribution in [-0.2, 0) is 0 Å². The monoisotopic (exact) mass is 417 g/mol. The van der Waals surface area contributed by atoms with Crippen LogP contribution in [0.3, 0.4) is 0 Å². The maximum absolute atomic E-state index is 13.4. The first kappa shape index (κ1) is 19.3. The summed E-state index contributed by atoms with van der Waals surface area (Å²) in [5.41, 5.74) is 3.12. The zero-order valence-electron chi connectivity index (χ0n) is 17.1. The van der Waals surface area contributed by atoms with Crippen LogP contribution in [0.1, 0.15) is 34.9 Å². The summed E-state index contributed by atoms with van der Waals surface area (Å²) in [4.78, 5) is 28.2. The highest BCUT2D eigenvalue weighted by Crippen LogP contribution is 2.40. The van der Waals surface area contributed by atoms with Gasteiger partial charge in [0.2, 0.25) is 0 Å². The van der Waals surface area contributed by atoms with Crippen molar-refractivity contribution in [1.82, 2.24) is 14.7 Å². The standard InChI is InChI=1S/C23H23N5O3/c29-23(22-16-19(17-10-11-17)24-27(22)18-6-2-1-3-7-18)26-14-12-25(13-15-26)20-8-4-5-9-21(20)28(30)31/h1-9,16-17H,10-15H2. The van der Waals surface area contributed by atoms with Crippen LogP contribution >= 0.6 is 0 Å². The number of aromatic nitrogens is 2. The lowest BCUT2D eigenvalue weighted by Gasteiger charge is -2.35. The lowest BCUT2D eigenvalue weighted by atomic mass is 10.2. The van der Waals surface area contributed by atoms with Gasteiger partial charge in [-0.2, -0.15) is 5.10 Å². The highest BCUT2D eigenvalue weighted by molar-refractivity contribution is 5.93. The number of rotatable bonds is 5. The summed E-state index contributed by atoms with van der Waals surface area (Å²) < 4.78 is 1.75. The Morgan fingerprint density at radius 3 is 2.32 bits per heavy atom. The van der Waals surface area contributed by atoms with E-state index in [1.165, 1.54) is 6.07 Å². The normalized spacial score (nSPS) is 16.4. The number of benzene rings is 2. The average molecular weight is 417 g/mol. The molecule has 1 amide bonds. The summed E-state index contributed by atoms with van der Waals surface area (Å²) in [6, 6.07) is 18.4. The number of nitro groups is 1. The summed E-state index contributed by atoms with van der Waals surface area (Å²) in [5.74, 6) is 0.400. The topological polar surface area (TPSA) is 84.5 Å². The van der Waals surface area contributed by atoms with Gasteiger partial charge in [0, 0.05) is 38.2 Å². The van der Waals surface area contributed by atoms with Crippen LogP contribution in [0.5, 0.6) is 0 Å². The van der Waals surface area contributed by atoms with E-state index in [1.807, 2.05) is 46.2 Å². The third-order valence-corrected chi connectivity index (χ3v) is 5.93. The number of piperazine rings is 1. The van der Waals surface area contributed by atoms with Crippen molar-refractivity contribution in [2.75, 3.05) is 31.1 Å². The van der Waals surface area contributed by atoms with Crippen LogP contribution in [-0.4, -0.2) is 51.7 Å². The van der Waals surface area contributed by atoms with Gasteiger partial charge in [0.1, 0.15) is 11.4 Å². The van der Waals surface area contributed by atoms with E-state index in [-0.39, 0.29) is 16.5 Å². The lowest BCUT2D eigenvalue weighted by molar-refractivity contribution is -0.384. The molecule has 2 aliphatic rings. The first-order chi connectivity index (χ1) is 15.1. The number of carbonyl (C=O) groups excluding carboxylic acids is 1. The van der Waals surface area contributed by atoms with Crippen LogP contribution in [0, 0.1) is 10.1 Å². The summed E-state index contributed by atoms with van der Waals surface area (Å²) >= 11 is 0. The molecule has 158 valence electrons. The maximum atomic E-state index is 13.4. The summed E-state index contributed by atoms with van der Waals surface area (Å²) in [6.07, 6.45) is 2.24. The summed E-state index contributed by atoms with van der Waals surface area (Å²) in [7, 11) is 0. The Balaban J connectivity index is 1.36. The van der Waals surface area contributed by atoms with Crippen molar-refractivity contribution in [3.63, 3.8) is 0 Å². The van der Waals surface area contributed by atoms with E-state index in [0.717, 1.165) is 24.2 Å². The van der Waals surface area contributed by atoms with Crippen molar-refractivity contribution < 1.29 is 9.72 Å². The smallest absolute Gasteiger partial charge is 0.292 e. The van der Waals surface area contributed by atoms with Crippen LogP contribution < -0.4 is 4.90 Å². The summed E-state index contributed by atoms with van der Waals surface area (Å²) in [5, 5.41) is 16.1. The second-order valence-electron chi connectivity index (χ2n) is 8.00. The van der Waals surface area contributed by atoms with Crippen molar-refractivity contribution in [3.05, 3.63) is 82.2 Å². The molecule has 2 fully saturated rings. The number of para-hydroxylation sites is 3. The maximum Gasteiger partial charge on any atom is 0.292 e. The first-order valence-electron chi connectivity index (χ1n) is 10.5. The summed E-state index contributed by atoms with van der Waals surface area (Å²) in [6.45, 7) is 2.10. The van der Waals surface area contributed by atoms with Crippen molar-refractivity contribution in [2.24, 2.45) is 0 Å². The third-order valence-electron chi connectivity index (χ3n) is 5.93. The molecule has 2 aromatic carbocycles. The molecule has 0 radical (unpaired) electrons. The van der Waals surface area contributed by atoms with E-state index in [9.17, 15) is 14.9 Å². The molecule has 0 unspecified atom stereocenters. The number of anilines is 1. The van der Waals surface area contributed by atoms with Gasteiger partial charge >= 0.3 is 0 Å². The molecule has 1 saturated carbocycles. The van der Waals surface area contributed by atoms with E-state index in [4.69, 9.17) is 5.10 Å². The van der Waals surface area contributed by atoms with Gasteiger partial charge in [-0.3, -0.25) is 14.9 Å². The van der Waals surface area contributed by atoms with Crippen LogP contribution in [0.4, 0.5) is 11.4 Å². The quantitative estimate of drug-likeness (QED) is 0.468. The Kier molecular flexibility index (Phi) is 4.89. The minimum absolute atomic E-state index is 0.0505. The zero-order chi connectivity index (χ0) is 21.4. The molecule has 5 rings (SSSR count). The predicted molar refractivity (Wildman–Crippen MR) is 117 cm³/mol. The van der Waals surface area contributed by atoms with Gasteiger partial charge < -0.3 is 9.80 Å². The second-order valence-corrected chi connectivity index (χ2v) is 8.00. The molecule has 31 heavy (non-hydrogen) atoms. The van der Waals surface area contributed by atoms with Gasteiger partial charge in [-0.1, -0.05) is 30.3 Å². The molecule has 8 nitrogen and oxygen atoms in total. The van der Waals surface area contributed by atoms with Crippen molar-refractivity contribution in [3.8, 4) is 5.69 Å². The largest absolute Gasteiger partial charge is 0.362 e. The molecule has 1 saturated heterocycles. The molecule has 1 aromatic heterocycles. The van der Waals surface area contributed by atoms with E-state index in [2.05, 4.69) is 0 Å². The molecule has 0 spiro atoms. The Hall–Kier alpha value is -3.68. The molecule has 0 bridgehead atoms. The number of carbonyl (C=O) groups is 1. The van der Waals surface area contributed by atoms with Crippen LogP contribution in [0.25, 0.3) is 5.69 Å². The van der Waals surface area contributed by atoms with Gasteiger partial charge in [0.05, 0.1) is 16.3 Å². The van der Waals surface area contributed by atoms with Crippen LogP contribution in [0.2, 0.25) is 0 Å². The minimum atomic E-state index is -0.356. The van der Waals surface area contributed by atoms with Gasteiger partial charge in [0.25, 0.3) is 11.6 Å². The molecule has 1 aliphatic heterocycles. The molecule has 8 heteroatoms. The van der Waals surface area contributed by atoms with E-state index < -0.39 is 0 Å². The Bertz CT molecular complexity index is 1120. The fourth-order valence-electron chi connectivity index (χ4n) is 4.09. The molecule has 1 aliphatic carbocycles. The first-order valence-corrected chi connectivity index (χ1v) is 10.5. The average Bonchev–Trinajstić information content (AvgIpc) is 3.57. The van der Waals surface area contributed by atoms with E-state index >= 15 is 0 Å². The van der Waals surface area contributed by atoms with Gasteiger partial charge in [-0.05, 0) is 37.1 Å². The molecular weight excluding hydrogens is 394 g/mol. The number of nitro benzene ring substituents is 1. The molecular formula is C23H23N5O3. The Morgan fingerprint density at radius 1 is 0.968 bits per heavy atom. The predicted octanol–water partition coefficient (Wildman–Crippen LogP) is 3.62. The van der Waals surface area contributed by atoms with Crippen molar-refractivity contribution in [1.29, 1.82) is 0 Å². The lowest BCUT2D eigenvalue weighted by Crippen LogP contribution is -2.49. The second kappa shape index (κ2) is 7.86. The molecule has 2 heterocycles. The highest BCUT2D eigenvalue weighted by Gasteiger charge is 2.32. The van der Waals surface area contributed by atoms with Crippen molar-refractivity contribution in [2.45, 2.75) is 18.8 Å². The van der Waals surface area contributed by atoms with Gasteiger partial charge in [-0.25, -0.2) is 4.68 Å². The van der Waals surface area contributed by atoms with E-state index in [0.29, 0.717) is 43.5 Å². The number of hydrogen-bond donors (Lipinski definition) is 0. The fraction of sp³-hybridized carbons (Fsp3) is 0.304. The van der Waals surface area contributed by atoms with Gasteiger partial charge in [-0.15, -0.1) is 0 Å². The number of nitrogens with zero attached hydrogens (tertiary/aromatic N) is 5. The Morgan fingerprint density at radius 2 is 1.65 bits per heavy atom. The Labute approximate surface area is 179 Å². The van der Waals surface area contributed by atoms with E-state index in [1.54, 1.807) is 22.9 Å². The molecule has 3 aromatic rings. The third kappa shape index (κ3) is 3.76. The fourth-order valence-corrected chi connectivity index (χ4v) is 4.09. The van der Waals surface area contributed by atoms with Crippen molar-refractivity contribution >= 4 is 17.3 Å². The number of hydrogen-bond acceptors (Lipinski definition) is 5. The highest BCUT2D eigenvalue weighted by atomic mass is 16.6. The SMILES string of the molecule is O=C(c1cc(C2CC2)nn1-c1ccccc1)N1CCN(c2ccccc2[N+](=O)[O-])CC1. The minimum Gasteiger partial charge on any atom is -0.362 e. The molecule has 0 N–H and O–H groups in total. The molecule has 0 atom stereocenters. The zero-order valence-corrected chi connectivity index (χ0v) is 17.1.